The Morgan fingerprint density at radius 2 is 2.10 bits per heavy atom. The number of methoxy groups -OCH3 is 1. The average molecular weight is 408 g/mol. The summed E-state index contributed by atoms with van der Waals surface area (Å²) in [5.74, 6) is -1.22. The second kappa shape index (κ2) is 7.31. The summed E-state index contributed by atoms with van der Waals surface area (Å²) in [5.41, 5.74) is -0.0724. The molecule has 5 atom stereocenters. The largest absolute Gasteiger partial charge is 0.481 e. The first-order valence-corrected chi connectivity index (χ1v) is 9.09. The topological polar surface area (TPSA) is 80.7 Å². The van der Waals surface area contributed by atoms with Gasteiger partial charge in [-0.3, -0.25) is 4.79 Å². The summed E-state index contributed by atoms with van der Waals surface area (Å²) in [5, 5.41) is 12.8. The van der Waals surface area contributed by atoms with Crippen LogP contribution in [0, 0.1) is 5.92 Å². The quantitative estimate of drug-likeness (QED) is 0.813. The van der Waals surface area contributed by atoms with Crippen LogP contribution in [0.3, 0.4) is 0 Å². The highest BCUT2D eigenvalue weighted by molar-refractivity contribution is 5.94. The number of aliphatic hydroxyl groups is 1. The minimum absolute atomic E-state index is 0.0548. The Kier molecular flexibility index (Phi) is 4.95. The van der Waals surface area contributed by atoms with Crippen molar-refractivity contribution in [1.29, 1.82) is 0 Å². The van der Waals surface area contributed by atoms with Crippen LogP contribution in [0.25, 0.3) is 0 Å². The van der Waals surface area contributed by atoms with Crippen LogP contribution in [0.5, 0.6) is 5.88 Å². The molecule has 0 aliphatic carbocycles. The summed E-state index contributed by atoms with van der Waals surface area (Å²) >= 11 is 0. The monoisotopic (exact) mass is 408 g/mol. The number of fused-ring (bicyclic) bond motifs is 2. The molecule has 2 aliphatic rings. The molecule has 0 radical (unpaired) electrons. The zero-order chi connectivity index (χ0) is 20.8. The Bertz CT molecular complexity index is 921. The van der Waals surface area contributed by atoms with Gasteiger partial charge < -0.3 is 19.9 Å². The molecule has 2 N–H and O–H groups in total. The van der Waals surface area contributed by atoms with Crippen molar-refractivity contribution in [3.8, 4) is 5.88 Å². The number of aliphatic hydroxyl groups excluding tert-OH is 1. The Morgan fingerprint density at radius 3 is 2.83 bits per heavy atom. The maximum absolute atomic E-state index is 13.0. The van der Waals surface area contributed by atoms with E-state index in [1.165, 1.54) is 25.4 Å². The van der Waals surface area contributed by atoms with E-state index in [2.05, 4.69) is 10.3 Å². The lowest BCUT2D eigenvalue weighted by Gasteiger charge is -2.30. The van der Waals surface area contributed by atoms with Crippen LogP contribution >= 0.6 is 0 Å². The Labute approximate surface area is 164 Å². The molecule has 9 heteroatoms. The average Bonchev–Trinajstić information content (AvgIpc) is 3.24. The van der Waals surface area contributed by atoms with E-state index in [0.717, 1.165) is 12.1 Å². The number of hydrogen-bond acceptors (Lipinski definition) is 5. The number of ether oxygens (including phenoxy) is 2. The molecular formula is C20H19F3N2O4. The number of nitrogens with zero attached hydrogens (tertiary/aromatic N) is 1. The minimum Gasteiger partial charge on any atom is -0.481 e. The summed E-state index contributed by atoms with van der Waals surface area (Å²) < 4.78 is 49.8. The van der Waals surface area contributed by atoms with Crippen LogP contribution in [0.15, 0.2) is 42.6 Å². The molecule has 2 aliphatic heterocycles. The van der Waals surface area contributed by atoms with E-state index in [1.54, 1.807) is 12.1 Å². The molecule has 0 spiro atoms. The molecular weight excluding hydrogens is 389 g/mol. The molecule has 1 aromatic carbocycles. The molecule has 1 amide bonds. The number of carbonyl (C=O) groups excluding carboxylic acids is 1. The molecule has 1 aromatic heterocycles. The second-order valence-corrected chi connectivity index (χ2v) is 7.19. The number of halogens is 3. The summed E-state index contributed by atoms with van der Waals surface area (Å²) in [7, 11) is 1.47. The molecule has 154 valence electrons. The van der Waals surface area contributed by atoms with Gasteiger partial charge in [0.05, 0.1) is 36.9 Å². The SMILES string of the molecule is COc1cc([C@H]2[C@H]3O[C@H](C[C@@H]3O)[C@@H]2C(=O)Nc2cccc(C(F)(F)F)c2)ccn1. The first-order chi connectivity index (χ1) is 13.8. The Balaban J connectivity index is 1.61. The molecule has 4 rings (SSSR count). The maximum Gasteiger partial charge on any atom is 0.416 e. The van der Waals surface area contributed by atoms with Crippen molar-refractivity contribution in [3.05, 3.63) is 53.7 Å². The molecule has 6 nitrogen and oxygen atoms in total. The predicted molar refractivity (Wildman–Crippen MR) is 96.4 cm³/mol. The number of benzene rings is 1. The van der Waals surface area contributed by atoms with Gasteiger partial charge >= 0.3 is 6.18 Å². The summed E-state index contributed by atoms with van der Waals surface area (Å²) in [6, 6.07) is 7.87. The third-order valence-electron chi connectivity index (χ3n) is 5.44. The van der Waals surface area contributed by atoms with Crippen LogP contribution in [0.2, 0.25) is 0 Å². The second-order valence-electron chi connectivity index (χ2n) is 7.19. The van der Waals surface area contributed by atoms with Crippen molar-refractivity contribution >= 4 is 11.6 Å². The van der Waals surface area contributed by atoms with E-state index in [4.69, 9.17) is 9.47 Å². The minimum atomic E-state index is -4.50. The zero-order valence-electron chi connectivity index (χ0n) is 15.4. The van der Waals surface area contributed by atoms with Crippen molar-refractivity contribution in [1.82, 2.24) is 4.98 Å². The molecule has 2 bridgehead atoms. The number of rotatable bonds is 4. The van der Waals surface area contributed by atoms with Gasteiger partial charge in [0.15, 0.2) is 0 Å². The van der Waals surface area contributed by atoms with Crippen molar-refractivity contribution in [2.75, 3.05) is 12.4 Å². The third-order valence-corrected chi connectivity index (χ3v) is 5.44. The lowest BCUT2D eigenvalue weighted by molar-refractivity contribution is -0.137. The summed E-state index contributed by atoms with van der Waals surface area (Å²) in [6.45, 7) is 0. The number of aromatic nitrogens is 1. The summed E-state index contributed by atoms with van der Waals surface area (Å²) in [6.07, 6.45) is -4.49. The number of hydrogen-bond donors (Lipinski definition) is 2. The highest BCUT2D eigenvalue weighted by atomic mass is 19.4. The van der Waals surface area contributed by atoms with Crippen molar-refractivity contribution in [2.24, 2.45) is 5.92 Å². The molecule has 2 fully saturated rings. The highest BCUT2D eigenvalue weighted by Crippen LogP contribution is 2.49. The molecule has 0 saturated carbocycles. The first-order valence-electron chi connectivity index (χ1n) is 9.09. The van der Waals surface area contributed by atoms with E-state index in [9.17, 15) is 23.1 Å². The standard InChI is InChI=1S/C20H19F3N2O4/c1-28-15-7-10(5-6-24-15)16-17(14-9-13(26)18(16)29-14)19(27)25-12-4-2-3-11(8-12)20(21,22)23/h2-8,13-14,16-18,26H,9H2,1H3,(H,25,27)/t13-,14+,16+,17-,18-/m0/s1. The smallest absolute Gasteiger partial charge is 0.416 e. The summed E-state index contributed by atoms with van der Waals surface area (Å²) in [4.78, 5) is 17.1. The van der Waals surface area contributed by atoms with Gasteiger partial charge in [0.2, 0.25) is 11.8 Å². The van der Waals surface area contributed by atoms with Gasteiger partial charge in [-0.25, -0.2) is 4.98 Å². The van der Waals surface area contributed by atoms with E-state index in [0.29, 0.717) is 17.9 Å². The van der Waals surface area contributed by atoms with Gasteiger partial charge in [0.1, 0.15) is 0 Å². The van der Waals surface area contributed by atoms with Crippen LogP contribution in [-0.4, -0.2) is 41.4 Å². The van der Waals surface area contributed by atoms with E-state index < -0.39 is 47.8 Å². The number of nitrogens with one attached hydrogen (secondary N) is 1. The van der Waals surface area contributed by atoms with Gasteiger partial charge in [-0.2, -0.15) is 13.2 Å². The fourth-order valence-corrected chi connectivity index (χ4v) is 4.18. The van der Waals surface area contributed by atoms with Gasteiger partial charge in [-0.15, -0.1) is 0 Å². The van der Waals surface area contributed by atoms with Crippen LogP contribution in [0.4, 0.5) is 18.9 Å². The van der Waals surface area contributed by atoms with Crippen molar-refractivity contribution in [3.63, 3.8) is 0 Å². The van der Waals surface area contributed by atoms with Crippen LogP contribution in [0.1, 0.15) is 23.5 Å². The van der Waals surface area contributed by atoms with Crippen LogP contribution < -0.4 is 10.1 Å². The maximum atomic E-state index is 13.0. The van der Waals surface area contributed by atoms with Gasteiger partial charge in [0, 0.05) is 30.3 Å². The normalized spacial score (nSPS) is 28.4. The Hall–Kier alpha value is -2.65. The molecule has 0 unspecified atom stereocenters. The van der Waals surface area contributed by atoms with E-state index >= 15 is 0 Å². The lowest BCUT2D eigenvalue weighted by Crippen LogP contribution is -2.41. The van der Waals surface area contributed by atoms with E-state index in [1.807, 2.05) is 0 Å². The van der Waals surface area contributed by atoms with Crippen LogP contribution in [-0.2, 0) is 15.7 Å². The first kappa shape index (κ1) is 19.7. The number of amides is 1. The van der Waals surface area contributed by atoms with Crippen molar-refractivity contribution < 1.29 is 32.5 Å². The van der Waals surface area contributed by atoms with Crippen molar-refractivity contribution in [2.45, 2.75) is 36.8 Å². The number of alkyl halides is 3. The fraction of sp³-hybridized carbons (Fsp3) is 0.400. The van der Waals surface area contributed by atoms with Gasteiger partial charge in [-0.1, -0.05) is 6.07 Å². The molecule has 2 saturated heterocycles. The van der Waals surface area contributed by atoms with Gasteiger partial charge in [-0.05, 0) is 29.8 Å². The molecule has 2 aromatic rings. The number of carbonyl (C=O) groups is 1. The zero-order valence-corrected chi connectivity index (χ0v) is 15.4. The Morgan fingerprint density at radius 1 is 1.31 bits per heavy atom. The fourth-order valence-electron chi connectivity index (χ4n) is 4.18. The molecule has 3 heterocycles. The number of anilines is 1. The highest BCUT2D eigenvalue weighted by Gasteiger charge is 2.57. The van der Waals surface area contributed by atoms with E-state index in [-0.39, 0.29) is 5.69 Å². The lowest BCUT2D eigenvalue weighted by atomic mass is 9.74. The molecule has 29 heavy (non-hydrogen) atoms. The third kappa shape index (κ3) is 3.67. The van der Waals surface area contributed by atoms with Gasteiger partial charge in [0.25, 0.3) is 0 Å². The predicted octanol–water partition coefficient (Wildman–Crippen LogP) is 2.98. The number of pyridine rings is 1.